The number of hydrogen-bond acceptors (Lipinski definition) is 4. The Bertz CT molecular complexity index is 517. The number of guanidine groups is 1. The van der Waals surface area contributed by atoms with Crippen molar-refractivity contribution < 1.29 is 4.92 Å². The molecule has 0 atom stereocenters. The molecular formula is C14H25IN6O2. The summed E-state index contributed by atoms with van der Waals surface area (Å²) in [6.45, 7) is 8.43. The number of aliphatic imine (C=N–C) groups is 1. The zero-order chi connectivity index (χ0) is 16.4. The molecule has 0 amide bonds. The summed E-state index contributed by atoms with van der Waals surface area (Å²) in [5.41, 5.74) is -0.00238. The van der Waals surface area contributed by atoms with E-state index in [0.29, 0.717) is 13.1 Å². The van der Waals surface area contributed by atoms with Crippen LogP contribution in [-0.2, 0) is 6.54 Å². The molecule has 0 spiro atoms. The molecule has 1 heterocycles. The molecule has 1 N–H and O–H groups in total. The van der Waals surface area contributed by atoms with Gasteiger partial charge in [-0.25, -0.2) is 0 Å². The van der Waals surface area contributed by atoms with E-state index in [-0.39, 0.29) is 29.7 Å². The first kappa shape index (κ1) is 21.4. The first-order valence-corrected chi connectivity index (χ1v) is 7.35. The molecule has 1 aromatic rings. The highest BCUT2D eigenvalue weighted by atomic mass is 127. The van der Waals surface area contributed by atoms with Gasteiger partial charge in [-0.1, -0.05) is 6.08 Å². The monoisotopic (exact) mass is 436 g/mol. The van der Waals surface area contributed by atoms with E-state index in [1.807, 2.05) is 20.0 Å². The fourth-order valence-corrected chi connectivity index (χ4v) is 1.88. The second kappa shape index (κ2) is 11.9. The third kappa shape index (κ3) is 7.95. The molecule has 0 saturated carbocycles. The van der Waals surface area contributed by atoms with Crippen molar-refractivity contribution in [1.82, 2.24) is 20.0 Å². The highest BCUT2D eigenvalue weighted by molar-refractivity contribution is 14.0. The Hall–Kier alpha value is -1.65. The first-order chi connectivity index (χ1) is 10.6. The third-order valence-electron chi connectivity index (χ3n) is 3.02. The lowest BCUT2D eigenvalue weighted by molar-refractivity contribution is -0.385. The predicted molar refractivity (Wildman–Crippen MR) is 102 cm³/mol. The molecule has 130 valence electrons. The number of nitro groups is 1. The number of allylic oxidation sites excluding steroid dienone is 1. The van der Waals surface area contributed by atoms with Crippen LogP contribution in [0, 0.1) is 10.1 Å². The number of halogens is 1. The van der Waals surface area contributed by atoms with Crippen molar-refractivity contribution in [3.8, 4) is 0 Å². The van der Waals surface area contributed by atoms with Crippen LogP contribution in [0.1, 0.15) is 19.8 Å². The summed E-state index contributed by atoms with van der Waals surface area (Å²) in [5.74, 6) is 0.827. The number of nitrogens with one attached hydrogen (secondary N) is 1. The molecular weight excluding hydrogens is 411 g/mol. The zero-order valence-electron chi connectivity index (χ0n) is 13.6. The second-order valence-electron chi connectivity index (χ2n) is 4.81. The smallest absolute Gasteiger partial charge is 0.306 e. The fourth-order valence-electron chi connectivity index (χ4n) is 1.88. The lowest BCUT2D eigenvalue weighted by Gasteiger charge is -2.21. The molecule has 0 bridgehead atoms. The third-order valence-corrected chi connectivity index (χ3v) is 3.02. The van der Waals surface area contributed by atoms with Crippen molar-refractivity contribution in [1.29, 1.82) is 0 Å². The molecule has 0 saturated heterocycles. The van der Waals surface area contributed by atoms with E-state index in [9.17, 15) is 10.1 Å². The van der Waals surface area contributed by atoms with Gasteiger partial charge >= 0.3 is 5.69 Å². The Morgan fingerprint density at radius 2 is 2.39 bits per heavy atom. The van der Waals surface area contributed by atoms with Crippen LogP contribution >= 0.6 is 24.0 Å². The normalized spacial score (nSPS) is 10.8. The van der Waals surface area contributed by atoms with Crippen LogP contribution in [0.5, 0.6) is 0 Å². The molecule has 8 nitrogen and oxygen atoms in total. The van der Waals surface area contributed by atoms with E-state index < -0.39 is 4.92 Å². The van der Waals surface area contributed by atoms with Crippen LogP contribution in [0.15, 0.2) is 30.0 Å². The second-order valence-corrected chi connectivity index (χ2v) is 4.81. The van der Waals surface area contributed by atoms with Crippen LogP contribution < -0.4 is 5.32 Å². The maximum Gasteiger partial charge on any atom is 0.306 e. The van der Waals surface area contributed by atoms with Gasteiger partial charge in [-0.2, -0.15) is 5.10 Å². The van der Waals surface area contributed by atoms with E-state index >= 15 is 0 Å². The molecule has 1 aromatic heterocycles. The molecule has 0 aliphatic rings. The summed E-state index contributed by atoms with van der Waals surface area (Å²) in [6, 6.07) is 0. The van der Waals surface area contributed by atoms with Crippen LogP contribution in [0.2, 0.25) is 0 Å². The van der Waals surface area contributed by atoms with E-state index in [1.165, 1.54) is 17.1 Å². The van der Waals surface area contributed by atoms with Crippen LogP contribution in [0.4, 0.5) is 5.69 Å². The minimum Gasteiger partial charge on any atom is -0.357 e. The average molecular weight is 436 g/mol. The Balaban J connectivity index is 0.00000484. The van der Waals surface area contributed by atoms with E-state index in [4.69, 9.17) is 0 Å². The molecule has 0 fully saturated rings. The summed E-state index contributed by atoms with van der Waals surface area (Å²) in [5, 5.41) is 17.8. The van der Waals surface area contributed by atoms with Crippen LogP contribution in [0.3, 0.4) is 0 Å². The SMILES string of the molecule is C=CCCCN(C)C(=NCCn1cc([N+](=O)[O-])cn1)NCC.I. The number of hydrogen-bond donors (Lipinski definition) is 1. The highest BCUT2D eigenvalue weighted by Crippen LogP contribution is 2.07. The summed E-state index contributed by atoms with van der Waals surface area (Å²) in [6.07, 6.45) is 6.56. The molecule has 0 radical (unpaired) electrons. The van der Waals surface area contributed by atoms with Crippen molar-refractivity contribution in [3.05, 3.63) is 35.2 Å². The Labute approximate surface area is 153 Å². The van der Waals surface area contributed by atoms with Crippen molar-refractivity contribution in [3.63, 3.8) is 0 Å². The fraction of sp³-hybridized carbons (Fsp3) is 0.571. The van der Waals surface area contributed by atoms with Gasteiger partial charge in [0.25, 0.3) is 0 Å². The summed E-state index contributed by atoms with van der Waals surface area (Å²) in [4.78, 5) is 16.7. The number of rotatable bonds is 9. The highest BCUT2D eigenvalue weighted by Gasteiger charge is 2.08. The number of unbranched alkanes of at least 4 members (excludes halogenated alkanes) is 1. The quantitative estimate of drug-likeness (QED) is 0.122. The molecule has 0 aliphatic carbocycles. The lowest BCUT2D eigenvalue weighted by atomic mass is 10.3. The largest absolute Gasteiger partial charge is 0.357 e. The number of aromatic nitrogens is 2. The first-order valence-electron chi connectivity index (χ1n) is 7.35. The minimum atomic E-state index is -0.454. The topological polar surface area (TPSA) is 88.6 Å². The van der Waals surface area contributed by atoms with E-state index in [0.717, 1.165) is 31.9 Å². The van der Waals surface area contributed by atoms with Gasteiger partial charge in [0.2, 0.25) is 0 Å². The summed E-state index contributed by atoms with van der Waals surface area (Å²) < 4.78 is 1.53. The van der Waals surface area contributed by atoms with Crippen LogP contribution in [-0.4, -0.2) is 52.2 Å². The van der Waals surface area contributed by atoms with Gasteiger partial charge in [-0.15, -0.1) is 30.6 Å². The molecule has 9 heteroatoms. The Morgan fingerprint density at radius 1 is 1.65 bits per heavy atom. The molecule has 0 aliphatic heterocycles. The van der Waals surface area contributed by atoms with Gasteiger partial charge in [0.1, 0.15) is 12.4 Å². The summed E-state index contributed by atoms with van der Waals surface area (Å²) >= 11 is 0. The Kier molecular flexibility index (Phi) is 11.0. The Morgan fingerprint density at radius 3 is 2.96 bits per heavy atom. The maximum absolute atomic E-state index is 10.6. The maximum atomic E-state index is 10.6. The molecule has 1 rings (SSSR count). The van der Waals surface area contributed by atoms with E-state index in [1.54, 1.807) is 0 Å². The van der Waals surface area contributed by atoms with E-state index in [2.05, 4.69) is 26.9 Å². The van der Waals surface area contributed by atoms with Crippen molar-refractivity contribution in [2.45, 2.75) is 26.3 Å². The molecule has 23 heavy (non-hydrogen) atoms. The summed E-state index contributed by atoms with van der Waals surface area (Å²) in [7, 11) is 1.99. The van der Waals surface area contributed by atoms with Crippen molar-refractivity contribution in [2.75, 3.05) is 26.7 Å². The lowest BCUT2D eigenvalue weighted by Crippen LogP contribution is -2.39. The number of nitrogens with zero attached hydrogens (tertiary/aromatic N) is 5. The minimum absolute atomic E-state index is 0. The van der Waals surface area contributed by atoms with Gasteiger partial charge < -0.3 is 10.2 Å². The van der Waals surface area contributed by atoms with Crippen molar-refractivity contribution >= 4 is 35.6 Å². The average Bonchev–Trinajstić information content (AvgIpc) is 2.95. The molecule has 0 unspecified atom stereocenters. The van der Waals surface area contributed by atoms with Gasteiger partial charge in [-0.05, 0) is 19.8 Å². The van der Waals surface area contributed by atoms with Gasteiger partial charge in [0.15, 0.2) is 5.96 Å². The van der Waals surface area contributed by atoms with Crippen LogP contribution in [0.25, 0.3) is 0 Å². The van der Waals surface area contributed by atoms with Gasteiger partial charge in [0, 0.05) is 20.1 Å². The van der Waals surface area contributed by atoms with Gasteiger partial charge in [0.05, 0.1) is 18.0 Å². The van der Waals surface area contributed by atoms with Gasteiger partial charge in [-0.3, -0.25) is 19.8 Å². The molecule has 0 aromatic carbocycles. The van der Waals surface area contributed by atoms with Crippen molar-refractivity contribution in [2.24, 2.45) is 4.99 Å². The standard InChI is InChI=1S/C14H24N6O2.HI/c1-4-6-7-9-18(3)14(15-5-2)16-8-10-19-12-13(11-17-19)20(21)22;/h4,11-12H,1,5-10H2,2-3H3,(H,15,16);1H. The zero-order valence-corrected chi connectivity index (χ0v) is 16.0. The predicted octanol–water partition coefficient (Wildman–Crippen LogP) is 2.27.